The lowest BCUT2D eigenvalue weighted by atomic mass is 10.1. The Morgan fingerprint density at radius 3 is 2.50 bits per heavy atom. The van der Waals surface area contributed by atoms with E-state index in [4.69, 9.17) is 9.47 Å². The van der Waals surface area contributed by atoms with Crippen LogP contribution in [0.25, 0.3) is 0 Å². The van der Waals surface area contributed by atoms with E-state index < -0.39 is 5.60 Å². The fourth-order valence-corrected chi connectivity index (χ4v) is 2.58. The number of amides is 1. The molecule has 1 aromatic heterocycles. The lowest BCUT2D eigenvalue weighted by Crippen LogP contribution is -2.46. The minimum Gasteiger partial charge on any atom is -0.488 e. The first kappa shape index (κ1) is 16.6. The first-order valence-corrected chi connectivity index (χ1v) is 7.83. The summed E-state index contributed by atoms with van der Waals surface area (Å²) in [6, 6.07) is 3.86. The third kappa shape index (κ3) is 4.90. The van der Waals surface area contributed by atoms with Crippen molar-refractivity contribution in [2.45, 2.75) is 59.2 Å². The molecule has 0 unspecified atom stereocenters. The van der Waals surface area contributed by atoms with Crippen LogP contribution in [0.2, 0.25) is 0 Å². The molecule has 22 heavy (non-hydrogen) atoms. The van der Waals surface area contributed by atoms with Gasteiger partial charge >= 0.3 is 6.09 Å². The number of aryl methyl sites for hydroxylation is 2. The summed E-state index contributed by atoms with van der Waals surface area (Å²) in [5.41, 5.74) is 1.41. The maximum absolute atomic E-state index is 12.2. The van der Waals surface area contributed by atoms with Gasteiger partial charge in [-0.15, -0.1) is 0 Å². The van der Waals surface area contributed by atoms with Crippen molar-refractivity contribution in [3.05, 3.63) is 23.5 Å². The van der Waals surface area contributed by atoms with Crippen molar-refractivity contribution < 1.29 is 14.3 Å². The number of carbonyl (C=O) groups excluding carboxylic acids is 1. The Bertz CT molecular complexity index is 517. The second-order valence-electron chi connectivity index (χ2n) is 6.89. The normalized spacial score (nSPS) is 19.0. The highest BCUT2D eigenvalue weighted by Gasteiger charge is 2.28. The summed E-state index contributed by atoms with van der Waals surface area (Å²) in [5, 5.41) is 0. The molecular formula is C17H26N2O3. The molecule has 1 atom stereocenters. The van der Waals surface area contributed by atoms with Crippen molar-refractivity contribution in [3.63, 3.8) is 0 Å². The van der Waals surface area contributed by atoms with Crippen LogP contribution in [0.15, 0.2) is 12.1 Å². The Labute approximate surface area is 132 Å². The van der Waals surface area contributed by atoms with E-state index in [1.165, 1.54) is 0 Å². The van der Waals surface area contributed by atoms with Crippen LogP contribution in [0.5, 0.6) is 5.75 Å². The van der Waals surface area contributed by atoms with Crippen LogP contribution >= 0.6 is 0 Å². The molecule has 0 radical (unpaired) electrons. The number of carbonyl (C=O) groups is 1. The molecule has 2 rings (SSSR count). The zero-order valence-electron chi connectivity index (χ0n) is 14.2. The minimum absolute atomic E-state index is 0.00229. The van der Waals surface area contributed by atoms with Crippen molar-refractivity contribution in [1.82, 2.24) is 9.88 Å². The summed E-state index contributed by atoms with van der Waals surface area (Å²) in [4.78, 5) is 18.2. The van der Waals surface area contributed by atoms with Crippen LogP contribution in [0, 0.1) is 13.8 Å². The van der Waals surface area contributed by atoms with E-state index in [9.17, 15) is 4.79 Å². The van der Waals surface area contributed by atoms with Crippen molar-refractivity contribution >= 4 is 6.09 Å². The molecule has 0 aliphatic carbocycles. The predicted octanol–water partition coefficient (Wildman–Crippen LogP) is 3.48. The van der Waals surface area contributed by atoms with Gasteiger partial charge in [0.25, 0.3) is 0 Å². The van der Waals surface area contributed by atoms with Gasteiger partial charge in [0.1, 0.15) is 17.5 Å². The molecule has 0 aromatic carbocycles. The number of ether oxygens (including phenoxy) is 2. The molecule has 1 saturated heterocycles. The number of hydrogen-bond donors (Lipinski definition) is 0. The topological polar surface area (TPSA) is 51.7 Å². The van der Waals surface area contributed by atoms with Crippen molar-refractivity contribution in [2.75, 3.05) is 13.1 Å². The molecule has 5 nitrogen and oxygen atoms in total. The molecule has 1 aliphatic heterocycles. The van der Waals surface area contributed by atoms with E-state index in [-0.39, 0.29) is 12.2 Å². The quantitative estimate of drug-likeness (QED) is 0.839. The van der Waals surface area contributed by atoms with Gasteiger partial charge in [0.05, 0.1) is 6.54 Å². The zero-order valence-corrected chi connectivity index (χ0v) is 14.2. The first-order valence-electron chi connectivity index (χ1n) is 7.83. The Morgan fingerprint density at radius 2 is 1.91 bits per heavy atom. The smallest absolute Gasteiger partial charge is 0.410 e. The standard InChI is InChI=1S/C17H26N2O3/c1-12-9-15(10-13(2)18-12)21-14-7-6-8-19(11-14)16(20)22-17(3,4)5/h9-10,14H,6-8,11H2,1-5H3/t14-/m0/s1. The predicted molar refractivity (Wildman–Crippen MR) is 85.2 cm³/mol. The lowest BCUT2D eigenvalue weighted by Gasteiger charge is -2.34. The van der Waals surface area contributed by atoms with Gasteiger partial charge in [-0.2, -0.15) is 0 Å². The number of nitrogens with zero attached hydrogens (tertiary/aromatic N) is 2. The molecule has 2 heterocycles. The van der Waals surface area contributed by atoms with Gasteiger partial charge in [-0.3, -0.25) is 4.98 Å². The van der Waals surface area contributed by atoms with E-state index in [1.807, 2.05) is 46.8 Å². The lowest BCUT2D eigenvalue weighted by molar-refractivity contribution is 0.00773. The van der Waals surface area contributed by atoms with Gasteiger partial charge in [-0.1, -0.05) is 0 Å². The van der Waals surface area contributed by atoms with E-state index in [2.05, 4.69) is 4.98 Å². The molecule has 0 spiro atoms. The van der Waals surface area contributed by atoms with Gasteiger partial charge in [-0.05, 0) is 47.5 Å². The summed E-state index contributed by atoms with van der Waals surface area (Å²) in [5.74, 6) is 0.820. The fourth-order valence-electron chi connectivity index (χ4n) is 2.58. The van der Waals surface area contributed by atoms with Crippen LogP contribution in [0.3, 0.4) is 0 Å². The second kappa shape index (κ2) is 6.55. The largest absolute Gasteiger partial charge is 0.488 e. The van der Waals surface area contributed by atoms with Crippen molar-refractivity contribution in [3.8, 4) is 5.75 Å². The number of hydrogen-bond acceptors (Lipinski definition) is 4. The average molecular weight is 306 g/mol. The maximum atomic E-state index is 12.2. The number of pyridine rings is 1. The van der Waals surface area contributed by atoms with Crippen LogP contribution < -0.4 is 4.74 Å². The summed E-state index contributed by atoms with van der Waals surface area (Å²) >= 11 is 0. The molecule has 1 fully saturated rings. The van der Waals surface area contributed by atoms with Crippen LogP contribution in [0.1, 0.15) is 45.0 Å². The highest BCUT2D eigenvalue weighted by molar-refractivity contribution is 5.68. The Balaban J connectivity index is 1.97. The molecule has 0 N–H and O–H groups in total. The highest BCUT2D eigenvalue weighted by Crippen LogP contribution is 2.21. The van der Waals surface area contributed by atoms with E-state index in [1.54, 1.807) is 4.90 Å². The molecule has 5 heteroatoms. The third-order valence-corrected chi connectivity index (χ3v) is 3.39. The average Bonchev–Trinajstić information content (AvgIpc) is 2.35. The summed E-state index contributed by atoms with van der Waals surface area (Å²) in [6.07, 6.45) is 1.61. The van der Waals surface area contributed by atoms with Crippen molar-refractivity contribution in [1.29, 1.82) is 0 Å². The Hall–Kier alpha value is -1.78. The molecule has 0 bridgehead atoms. The minimum atomic E-state index is -0.468. The number of piperidine rings is 1. The van der Waals surface area contributed by atoms with E-state index in [0.29, 0.717) is 6.54 Å². The SMILES string of the molecule is Cc1cc(O[C@H]2CCCN(C(=O)OC(C)(C)C)C2)cc(C)n1. The van der Waals surface area contributed by atoms with Gasteiger partial charge in [-0.25, -0.2) is 4.79 Å². The first-order chi connectivity index (χ1) is 10.2. The Morgan fingerprint density at radius 1 is 1.27 bits per heavy atom. The number of rotatable bonds is 2. The summed E-state index contributed by atoms with van der Waals surface area (Å²) < 4.78 is 11.5. The van der Waals surface area contributed by atoms with Gasteiger partial charge in [0.2, 0.25) is 0 Å². The van der Waals surface area contributed by atoms with E-state index >= 15 is 0 Å². The zero-order chi connectivity index (χ0) is 16.3. The second-order valence-corrected chi connectivity index (χ2v) is 6.89. The van der Waals surface area contributed by atoms with Crippen LogP contribution in [0.4, 0.5) is 4.79 Å². The summed E-state index contributed by atoms with van der Waals surface area (Å²) in [6.45, 7) is 10.8. The van der Waals surface area contributed by atoms with Crippen LogP contribution in [-0.4, -0.2) is 40.8 Å². The number of aromatic nitrogens is 1. The highest BCUT2D eigenvalue weighted by atomic mass is 16.6. The third-order valence-electron chi connectivity index (χ3n) is 3.39. The summed E-state index contributed by atoms with van der Waals surface area (Å²) in [7, 11) is 0. The fraction of sp³-hybridized carbons (Fsp3) is 0.647. The van der Waals surface area contributed by atoms with E-state index in [0.717, 1.165) is 36.5 Å². The molecule has 0 saturated carbocycles. The van der Waals surface area contributed by atoms with Gasteiger partial charge in [0.15, 0.2) is 0 Å². The Kier molecular flexibility index (Phi) is 4.94. The molecule has 122 valence electrons. The van der Waals surface area contributed by atoms with Crippen molar-refractivity contribution in [2.24, 2.45) is 0 Å². The molecule has 1 aromatic rings. The molecule has 1 amide bonds. The van der Waals surface area contributed by atoms with Crippen LogP contribution in [-0.2, 0) is 4.74 Å². The molecular weight excluding hydrogens is 280 g/mol. The van der Waals surface area contributed by atoms with Gasteiger partial charge in [0, 0.05) is 30.1 Å². The number of likely N-dealkylation sites (tertiary alicyclic amines) is 1. The maximum Gasteiger partial charge on any atom is 0.410 e. The van der Waals surface area contributed by atoms with Gasteiger partial charge < -0.3 is 14.4 Å². The monoisotopic (exact) mass is 306 g/mol. The molecule has 1 aliphatic rings.